The van der Waals surface area contributed by atoms with Crippen molar-refractivity contribution in [3.8, 4) is 0 Å². The number of nitrogens with zero attached hydrogens (tertiary/aromatic N) is 5. The van der Waals surface area contributed by atoms with Crippen molar-refractivity contribution < 1.29 is 0 Å². The first-order chi connectivity index (χ1) is 11.7. The molecule has 0 bridgehead atoms. The van der Waals surface area contributed by atoms with Gasteiger partial charge in [-0.25, -0.2) is 15.0 Å². The summed E-state index contributed by atoms with van der Waals surface area (Å²) in [5.74, 6) is 1.03. The molecule has 0 unspecified atom stereocenters. The van der Waals surface area contributed by atoms with Gasteiger partial charge in [0.2, 0.25) is 0 Å². The van der Waals surface area contributed by atoms with E-state index in [2.05, 4.69) is 31.8 Å². The molecular weight excluding hydrogens is 377 g/mol. The summed E-state index contributed by atoms with van der Waals surface area (Å²) >= 11 is 7.76. The van der Waals surface area contributed by atoms with Crippen molar-refractivity contribution in [2.24, 2.45) is 0 Å². The van der Waals surface area contributed by atoms with Crippen LogP contribution in [-0.4, -0.2) is 52.3 Å². The van der Waals surface area contributed by atoms with Crippen LogP contribution < -0.4 is 4.90 Å². The summed E-state index contributed by atoms with van der Waals surface area (Å²) in [7, 11) is 2.17. The molecule has 0 amide bonds. The van der Waals surface area contributed by atoms with Crippen molar-refractivity contribution in [2.45, 2.75) is 30.6 Å². The first kappa shape index (κ1) is 20.2. The van der Waals surface area contributed by atoms with Gasteiger partial charge in [-0.15, -0.1) is 12.4 Å². The van der Waals surface area contributed by atoms with Gasteiger partial charge in [0.15, 0.2) is 5.16 Å². The molecule has 136 valence electrons. The third kappa shape index (κ3) is 5.20. The quantitative estimate of drug-likeness (QED) is 0.433. The van der Waals surface area contributed by atoms with Crippen molar-refractivity contribution in [3.05, 3.63) is 41.3 Å². The largest absolute Gasteiger partial charge is 0.356 e. The maximum absolute atomic E-state index is 6.18. The molecule has 5 nitrogen and oxygen atoms in total. The van der Waals surface area contributed by atoms with Crippen molar-refractivity contribution in [2.75, 3.05) is 31.3 Å². The molecule has 2 aromatic rings. The second-order valence-corrected chi connectivity index (χ2v) is 7.12. The minimum absolute atomic E-state index is 0. The van der Waals surface area contributed by atoms with Gasteiger partial charge in [-0.1, -0.05) is 29.4 Å². The molecule has 8 heteroatoms. The highest BCUT2D eigenvalue weighted by Crippen LogP contribution is 2.23. The monoisotopic (exact) mass is 399 g/mol. The molecule has 0 N–H and O–H groups in total. The maximum Gasteiger partial charge on any atom is 0.189 e. The second kappa shape index (κ2) is 9.57. The Morgan fingerprint density at radius 1 is 1.24 bits per heavy atom. The number of thioether (sulfide) groups is 1. The number of hydrogen-bond donors (Lipinski definition) is 0. The van der Waals surface area contributed by atoms with Crippen molar-refractivity contribution in [1.82, 2.24) is 19.9 Å². The topological polar surface area (TPSA) is 45.2 Å². The van der Waals surface area contributed by atoms with Crippen LogP contribution in [0.3, 0.4) is 0 Å². The lowest BCUT2D eigenvalue weighted by Gasteiger charge is -2.37. The molecule has 1 aliphatic heterocycles. The van der Waals surface area contributed by atoms with Crippen LogP contribution in [0.5, 0.6) is 0 Å². The van der Waals surface area contributed by atoms with Crippen LogP contribution in [0.15, 0.2) is 35.7 Å². The van der Waals surface area contributed by atoms with Gasteiger partial charge in [-0.2, -0.15) is 0 Å². The van der Waals surface area contributed by atoms with Gasteiger partial charge < -0.3 is 4.90 Å². The Bertz CT molecular complexity index is 680. The SMILES string of the molecule is CSc1nccc(N2CCC(N(C)Cc3cccnc3Cl)CC2)n1.Cl. The van der Waals surface area contributed by atoms with E-state index in [1.54, 1.807) is 18.0 Å². The first-order valence-electron chi connectivity index (χ1n) is 8.09. The van der Waals surface area contributed by atoms with Crippen LogP contribution in [0.4, 0.5) is 5.82 Å². The van der Waals surface area contributed by atoms with E-state index < -0.39 is 0 Å². The number of halogens is 2. The third-order valence-electron chi connectivity index (χ3n) is 4.47. The van der Waals surface area contributed by atoms with E-state index in [1.165, 1.54) is 0 Å². The van der Waals surface area contributed by atoms with E-state index in [4.69, 9.17) is 11.6 Å². The van der Waals surface area contributed by atoms with Crippen molar-refractivity contribution in [3.63, 3.8) is 0 Å². The summed E-state index contributed by atoms with van der Waals surface area (Å²) in [5.41, 5.74) is 1.09. The lowest BCUT2D eigenvalue weighted by Crippen LogP contribution is -2.43. The van der Waals surface area contributed by atoms with Crippen LogP contribution in [0.2, 0.25) is 5.15 Å². The normalized spacial score (nSPS) is 15.3. The van der Waals surface area contributed by atoms with Gasteiger partial charge in [0.05, 0.1) is 0 Å². The average molecular weight is 400 g/mol. The van der Waals surface area contributed by atoms with E-state index in [9.17, 15) is 0 Å². The van der Waals surface area contributed by atoms with Gasteiger partial charge in [0.1, 0.15) is 11.0 Å². The molecule has 25 heavy (non-hydrogen) atoms. The van der Waals surface area contributed by atoms with E-state index >= 15 is 0 Å². The van der Waals surface area contributed by atoms with Crippen LogP contribution in [0, 0.1) is 0 Å². The Morgan fingerprint density at radius 3 is 2.68 bits per heavy atom. The molecule has 0 spiro atoms. The molecule has 1 saturated heterocycles. The Balaban J connectivity index is 0.00000225. The highest BCUT2D eigenvalue weighted by molar-refractivity contribution is 7.98. The zero-order valence-corrected chi connectivity index (χ0v) is 16.8. The molecule has 0 atom stereocenters. The lowest BCUT2D eigenvalue weighted by atomic mass is 10.0. The summed E-state index contributed by atoms with van der Waals surface area (Å²) in [4.78, 5) is 17.7. The summed E-state index contributed by atoms with van der Waals surface area (Å²) in [5, 5.41) is 1.44. The minimum Gasteiger partial charge on any atom is -0.356 e. The molecule has 1 aliphatic rings. The van der Waals surface area contributed by atoms with E-state index in [0.29, 0.717) is 11.2 Å². The van der Waals surface area contributed by atoms with Crippen molar-refractivity contribution in [1.29, 1.82) is 0 Å². The number of anilines is 1. The fraction of sp³-hybridized carbons (Fsp3) is 0.471. The van der Waals surface area contributed by atoms with E-state index in [1.807, 2.05) is 30.7 Å². The van der Waals surface area contributed by atoms with E-state index in [0.717, 1.165) is 49.0 Å². The average Bonchev–Trinajstić information content (AvgIpc) is 2.64. The Hall–Kier alpha value is -1.08. The molecule has 0 aliphatic carbocycles. The summed E-state index contributed by atoms with van der Waals surface area (Å²) < 4.78 is 0. The Morgan fingerprint density at radius 2 is 2.00 bits per heavy atom. The molecular formula is C17H23Cl2N5S. The zero-order valence-electron chi connectivity index (χ0n) is 14.4. The van der Waals surface area contributed by atoms with Gasteiger partial charge in [0, 0.05) is 43.6 Å². The van der Waals surface area contributed by atoms with Gasteiger partial charge >= 0.3 is 0 Å². The fourth-order valence-corrected chi connectivity index (χ4v) is 3.61. The van der Waals surface area contributed by atoms with Crippen LogP contribution in [0.1, 0.15) is 18.4 Å². The van der Waals surface area contributed by atoms with Crippen LogP contribution >= 0.6 is 35.8 Å². The highest BCUT2D eigenvalue weighted by atomic mass is 35.5. The second-order valence-electron chi connectivity index (χ2n) is 5.99. The lowest BCUT2D eigenvalue weighted by molar-refractivity contribution is 0.200. The van der Waals surface area contributed by atoms with Gasteiger partial charge in [0.25, 0.3) is 0 Å². The van der Waals surface area contributed by atoms with E-state index in [-0.39, 0.29) is 12.4 Å². The summed E-state index contributed by atoms with van der Waals surface area (Å²) in [6.45, 7) is 2.86. The summed E-state index contributed by atoms with van der Waals surface area (Å²) in [6, 6.07) is 6.54. The molecule has 0 radical (unpaired) electrons. The third-order valence-corrected chi connectivity index (χ3v) is 5.37. The molecule has 0 aromatic carbocycles. The molecule has 2 aromatic heterocycles. The number of aromatic nitrogens is 3. The molecule has 0 saturated carbocycles. The number of hydrogen-bond acceptors (Lipinski definition) is 6. The minimum atomic E-state index is 0. The fourth-order valence-electron chi connectivity index (χ4n) is 3.08. The Labute approximate surface area is 164 Å². The standard InChI is InChI=1S/C17H22ClN5S.ClH/c1-22(12-13-4-3-8-19-16(13)18)14-6-10-23(11-7-14)15-5-9-20-17(21-15)24-2;/h3-5,8-9,14H,6-7,10-12H2,1-2H3;1H. The highest BCUT2D eigenvalue weighted by Gasteiger charge is 2.23. The predicted molar refractivity (Wildman–Crippen MR) is 107 cm³/mol. The molecule has 3 heterocycles. The van der Waals surface area contributed by atoms with Gasteiger partial charge in [-0.3, -0.25) is 4.90 Å². The number of pyridine rings is 1. The van der Waals surface area contributed by atoms with Gasteiger partial charge in [-0.05, 0) is 38.3 Å². The van der Waals surface area contributed by atoms with Crippen molar-refractivity contribution >= 4 is 41.6 Å². The maximum atomic E-state index is 6.18. The molecule has 3 rings (SSSR count). The first-order valence-corrected chi connectivity index (χ1v) is 9.69. The summed E-state index contributed by atoms with van der Waals surface area (Å²) in [6.07, 6.45) is 7.81. The number of rotatable bonds is 5. The number of piperidine rings is 1. The zero-order chi connectivity index (χ0) is 16.9. The Kier molecular flexibility index (Phi) is 7.75. The van der Waals surface area contributed by atoms with Crippen LogP contribution in [-0.2, 0) is 6.54 Å². The predicted octanol–water partition coefficient (Wildman–Crippen LogP) is 3.77. The smallest absolute Gasteiger partial charge is 0.189 e. The molecule has 1 fully saturated rings. The van der Waals surface area contributed by atoms with Crippen LogP contribution in [0.25, 0.3) is 0 Å².